The Balaban J connectivity index is 2.45. The fourth-order valence-electron chi connectivity index (χ4n) is 0.251. The Morgan fingerprint density at radius 2 is 2.14 bits per heavy atom. The van der Waals surface area contributed by atoms with E-state index in [-0.39, 0.29) is 0 Å². The van der Waals surface area contributed by atoms with E-state index in [2.05, 4.69) is 10.7 Å². The monoisotopic (exact) mass is 105 g/mol. The highest BCUT2D eigenvalue weighted by Gasteiger charge is 1.78. The summed E-state index contributed by atoms with van der Waals surface area (Å²) in [5.41, 5.74) is 0. The van der Waals surface area contributed by atoms with Crippen molar-refractivity contribution >= 4 is 0 Å². The van der Waals surface area contributed by atoms with Gasteiger partial charge in [0.15, 0.2) is 0 Å². The molecule has 0 heterocycles. The molecular weight excluding hydrogens is 94.0 g/mol. The van der Waals surface area contributed by atoms with Gasteiger partial charge in [-0.2, -0.15) is 0 Å². The summed E-state index contributed by atoms with van der Waals surface area (Å²) < 4.78 is 4.87. The standard InChI is InChI=1S/C4H11NO2/c1-2-6-3-4-7-5/h2-5H2,1H3. The summed E-state index contributed by atoms with van der Waals surface area (Å²) in [6.07, 6.45) is 0. The molecular formula is C4H11NO2. The first-order valence-corrected chi connectivity index (χ1v) is 2.31. The summed E-state index contributed by atoms with van der Waals surface area (Å²) in [6, 6.07) is 0. The molecule has 0 aromatic carbocycles. The highest BCUT2D eigenvalue weighted by Crippen LogP contribution is 1.69. The average Bonchev–Trinajstić information content (AvgIpc) is 1.69. The molecule has 3 nitrogen and oxygen atoms in total. The third kappa shape index (κ3) is 5.88. The summed E-state index contributed by atoms with van der Waals surface area (Å²) in [4.78, 5) is 4.22. The number of ether oxygens (including phenoxy) is 1. The molecule has 0 aromatic heterocycles. The SMILES string of the molecule is CCOCCON. The lowest BCUT2D eigenvalue weighted by Crippen LogP contribution is -2.07. The van der Waals surface area contributed by atoms with Crippen LogP contribution in [0.3, 0.4) is 0 Å². The molecule has 0 aliphatic carbocycles. The van der Waals surface area contributed by atoms with Crippen molar-refractivity contribution in [1.29, 1.82) is 0 Å². The first-order chi connectivity index (χ1) is 3.41. The van der Waals surface area contributed by atoms with Gasteiger partial charge in [-0.05, 0) is 6.92 Å². The van der Waals surface area contributed by atoms with E-state index in [9.17, 15) is 0 Å². The fraction of sp³-hybridized carbons (Fsp3) is 1.00. The third-order valence-electron chi connectivity index (χ3n) is 0.550. The van der Waals surface area contributed by atoms with E-state index in [1.165, 1.54) is 0 Å². The number of hydrogen-bond acceptors (Lipinski definition) is 3. The largest absolute Gasteiger partial charge is 0.379 e. The quantitative estimate of drug-likeness (QED) is 0.401. The Morgan fingerprint density at radius 3 is 2.57 bits per heavy atom. The third-order valence-corrected chi connectivity index (χ3v) is 0.550. The molecule has 0 amide bonds. The molecule has 0 radical (unpaired) electrons. The zero-order valence-electron chi connectivity index (χ0n) is 4.52. The van der Waals surface area contributed by atoms with Crippen molar-refractivity contribution in [3.8, 4) is 0 Å². The van der Waals surface area contributed by atoms with Gasteiger partial charge in [-0.1, -0.05) is 0 Å². The van der Waals surface area contributed by atoms with Crippen molar-refractivity contribution in [1.82, 2.24) is 0 Å². The fourth-order valence-corrected chi connectivity index (χ4v) is 0.251. The molecule has 0 saturated heterocycles. The van der Waals surface area contributed by atoms with Crippen molar-refractivity contribution < 1.29 is 9.57 Å². The predicted octanol–water partition coefficient (Wildman–Crippen LogP) is -0.0868. The highest BCUT2D eigenvalue weighted by molar-refractivity contribution is 4.21. The summed E-state index contributed by atoms with van der Waals surface area (Å²) in [5.74, 6) is 4.69. The van der Waals surface area contributed by atoms with E-state index >= 15 is 0 Å². The van der Waals surface area contributed by atoms with Crippen LogP contribution in [-0.4, -0.2) is 19.8 Å². The maximum Gasteiger partial charge on any atom is 0.0913 e. The van der Waals surface area contributed by atoms with Gasteiger partial charge in [-0.15, -0.1) is 0 Å². The van der Waals surface area contributed by atoms with E-state index in [0.29, 0.717) is 13.2 Å². The minimum absolute atomic E-state index is 0.480. The van der Waals surface area contributed by atoms with Gasteiger partial charge in [-0.25, -0.2) is 5.90 Å². The second kappa shape index (κ2) is 5.88. The number of nitrogens with two attached hydrogens (primary N) is 1. The van der Waals surface area contributed by atoms with Crippen LogP contribution in [0.4, 0.5) is 0 Å². The van der Waals surface area contributed by atoms with Gasteiger partial charge in [0, 0.05) is 6.61 Å². The van der Waals surface area contributed by atoms with Crippen LogP contribution in [0.15, 0.2) is 0 Å². The number of hydrogen-bond donors (Lipinski definition) is 1. The van der Waals surface area contributed by atoms with Crippen molar-refractivity contribution in [2.75, 3.05) is 19.8 Å². The summed E-state index contributed by atoms with van der Waals surface area (Å²) in [7, 11) is 0. The molecule has 44 valence electrons. The Bertz CT molecular complexity index is 28.9. The van der Waals surface area contributed by atoms with Gasteiger partial charge in [0.25, 0.3) is 0 Å². The second-order valence-corrected chi connectivity index (χ2v) is 1.07. The molecule has 0 aliphatic heterocycles. The van der Waals surface area contributed by atoms with E-state index in [1.807, 2.05) is 6.92 Å². The summed E-state index contributed by atoms with van der Waals surface area (Å²) >= 11 is 0. The molecule has 0 rings (SSSR count). The lowest BCUT2D eigenvalue weighted by atomic mass is 10.7. The maximum atomic E-state index is 4.87. The predicted molar refractivity (Wildman–Crippen MR) is 26.6 cm³/mol. The van der Waals surface area contributed by atoms with E-state index < -0.39 is 0 Å². The van der Waals surface area contributed by atoms with E-state index in [0.717, 1.165) is 6.61 Å². The molecule has 7 heavy (non-hydrogen) atoms. The highest BCUT2D eigenvalue weighted by atomic mass is 16.6. The van der Waals surface area contributed by atoms with Crippen molar-refractivity contribution in [2.24, 2.45) is 5.90 Å². The molecule has 3 heteroatoms. The Hall–Kier alpha value is -0.120. The zero-order chi connectivity index (χ0) is 5.54. The summed E-state index contributed by atoms with van der Waals surface area (Å²) in [6.45, 7) is 3.72. The van der Waals surface area contributed by atoms with Gasteiger partial charge >= 0.3 is 0 Å². The molecule has 0 bridgehead atoms. The normalized spacial score (nSPS) is 9.43. The van der Waals surface area contributed by atoms with Gasteiger partial charge in [-0.3, -0.25) is 0 Å². The molecule has 0 spiro atoms. The average molecular weight is 105 g/mol. The van der Waals surface area contributed by atoms with Crippen LogP contribution in [0.2, 0.25) is 0 Å². The van der Waals surface area contributed by atoms with Gasteiger partial charge < -0.3 is 9.57 Å². The van der Waals surface area contributed by atoms with Crippen LogP contribution in [0.1, 0.15) is 6.92 Å². The van der Waals surface area contributed by atoms with Crippen molar-refractivity contribution in [3.05, 3.63) is 0 Å². The number of rotatable bonds is 4. The van der Waals surface area contributed by atoms with Crippen LogP contribution in [0.5, 0.6) is 0 Å². The minimum atomic E-state index is 0.480. The van der Waals surface area contributed by atoms with Crippen LogP contribution in [0.25, 0.3) is 0 Å². The van der Waals surface area contributed by atoms with E-state index in [1.54, 1.807) is 0 Å². The molecule has 0 unspecified atom stereocenters. The topological polar surface area (TPSA) is 44.5 Å². The zero-order valence-corrected chi connectivity index (χ0v) is 4.52. The van der Waals surface area contributed by atoms with Crippen LogP contribution in [0, 0.1) is 0 Å². The Morgan fingerprint density at radius 1 is 1.43 bits per heavy atom. The maximum absolute atomic E-state index is 4.87. The van der Waals surface area contributed by atoms with Gasteiger partial charge in [0.05, 0.1) is 13.2 Å². The minimum Gasteiger partial charge on any atom is -0.379 e. The molecule has 0 atom stereocenters. The van der Waals surface area contributed by atoms with Crippen LogP contribution >= 0.6 is 0 Å². The molecule has 2 N–H and O–H groups in total. The molecule has 0 aliphatic rings. The first kappa shape index (κ1) is 6.88. The molecule has 0 saturated carbocycles. The van der Waals surface area contributed by atoms with Crippen molar-refractivity contribution in [3.63, 3.8) is 0 Å². The van der Waals surface area contributed by atoms with Gasteiger partial charge in [0.1, 0.15) is 0 Å². The van der Waals surface area contributed by atoms with Crippen LogP contribution < -0.4 is 5.90 Å². The summed E-state index contributed by atoms with van der Waals surface area (Å²) in [5, 5.41) is 0. The Labute approximate surface area is 43.4 Å². The van der Waals surface area contributed by atoms with Gasteiger partial charge in [0.2, 0.25) is 0 Å². The lowest BCUT2D eigenvalue weighted by molar-refractivity contribution is 0.0530. The second-order valence-electron chi connectivity index (χ2n) is 1.07. The van der Waals surface area contributed by atoms with Crippen LogP contribution in [-0.2, 0) is 9.57 Å². The van der Waals surface area contributed by atoms with Crippen molar-refractivity contribution in [2.45, 2.75) is 6.92 Å². The Kier molecular flexibility index (Phi) is 5.78. The first-order valence-electron chi connectivity index (χ1n) is 2.31. The van der Waals surface area contributed by atoms with E-state index in [4.69, 9.17) is 4.74 Å². The molecule has 0 fully saturated rings. The lowest BCUT2D eigenvalue weighted by Gasteiger charge is -1.95. The molecule has 0 aromatic rings. The smallest absolute Gasteiger partial charge is 0.0913 e.